The molecular weight excluding hydrogens is 244 g/mol. The van der Waals surface area contributed by atoms with E-state index in [1.807, 2.05) is 29.2 Å². The van der Waals surface area contributed by atoms with Gasteiger partial charge in [-0.3, -0.25) is 4.79 Å². The first-order valence-electron chi connectivity index (χ1n) is 6.12. The third-order valence-electron chi connectivity index (χ3n) is 2.56. The molecule has 1 rings (SSSR count). The number of ether oxygens (including phenoxy) is 2. The summed E-state index contributed by atoms with van der Waals surface area (Å²) in [6.07, 6.45) is 0.353. The number of nitriles is 1. The molecule has 0 aliphatic carbocycles. The van der Waals surface area contributed by atoms with Gasteiger partial charge in [-0.15, -0.1) is 0 Å². The smallest absolute Gasteiger partial charge is 0.325 e. The fraction of sp³-hybridized carbons (Fsp3) is 0.429. The highest BCUT2D eigenvalue weighted by atomic mass is 16.5. The molecule has 19 heavy (non-hydrogen) atoms. The van der Waals surface area contributed by atoms with E-state index in [0.29, 0.717) is 19.6 Å². The molecule has 0 radical (unpaired) electrons. The second-order valence-electron chi connectivity index (χ2n) is 3.83. The zero-order chi connectivity index (χ0) is 14.1. The van der Waals surface area contributed by atoms with Crippen molar-refractivity contribution in [2.45, 2.75) is 13.3 Å². The minimum atomic E-state index is -0.295. The summed E-state index contributed by atoms with van der Waals surface area (Å²) in [5.41, 5.74) is 0.865. The number of anilines is 1. The highest BCUT2D eigenvalue weighted by Gasteiger charge is 2.12. The Morgan fingerprint density at radius 1 is 1.37 bits per heavy atom. The van der Waals surface area contributed by atoms with E-state index < -0.39 is 0 Å². The van der Waals surface area contributed by atoms with Crippen LogP contribution in [0.2, 0.25) is 0 Å². The number of rotatable bonds is 7. The molecule has 0 amide bonds. The van der Waals surface area contributed by atoms with Gasteiger partial charge >= 0.3 is 5.97 Å². The number of esters is 1. The standard InChI is InChI=1S/C14H18N2O3/c1-3-19-14(17)11-16(10-4-9-15)12-5-7-13(18-2)8-6-12/h5-8H,3-4,10-11H2,1-2H3. The summed E-state index contributed by atoms with van der Waals surface area (Å²) in [5.74, 6) is 0.455. The number of nitrogens with zero attached hydrogens (tertiary/aromatic N) is 2. The molecule has 0 fully saturated rings. The SMILES string of the molecule is CCOC(=O)CN(CCC#N)c1ccc(OC)cc1. The predicted molar refractivity (Wildman–Crippen MR) is 72.1 cm³/mol. The van der Waals surface area contributed by atoms with Gasteiger partial charge in [0.05, 0.1) is 26.2 Å². The van der Waals surface area contributed by atoms with E-state index >= 15 is 0 Å². The molecule has 0 aliphatic rings. The van der Waals surface area contributed by atoms with Crippen LogP contribution < -0.4 is 9.64 Å². The van der Waals surface area contributed by atoms with Gasteiger partial charge in [-0.05, 0) is 31.2 Å². The van der Waals surface area contributed by atoms with Crippen molar-refractivity contribution < 1.29 is 14.3 Å². The molecule has 0 bridgehead atoms. The fourth-order valence-electron chi connectivity index (χ4n) is 1.64. The van der Waals surface area contributed by atoms with Crippen LogP contribution >= 0.6 is 0 Å². The van der Waals surface area contributed by atoms with Gasteiger partial charge in [-0.2, -0.15) is 5.26 Å². The maximum Gasteiger partial charge on any atom is 0.325 e. The van der Waals surface area contributed by atoms with Crippen LogP contribution in [0.4, 0.5) is 5.69 Å². The summed E-state index contributed by atoms with van der Waals surface area (Å²) < 4.78 is 10.0. The maximum atomic E-state index is 11.5. The lowest BCUT2D eigenvalue weighted by Crippen LogP contribution is -2.31. The summed E-state index contributed by atoms with van der Waals surface area (Å²) in [7, 11) is 1.60. The molecule has 0 N–H and O–H groups in total. The molecular formula is C14H18N2O3. The number of hydrogen-bond acceptors (Lipinski definition) is 5. The van der Waals surface area contributed by atoms with Crippen LogP contribution in [0.25, 0.3) is 0 Å². The van der Waals surface area contributed by atoms with Gasteiger partial charge in [0, 0.05) is 12.2 Å². The Kier molecular flexibility index (Phi) is 6.23. The van der Waals surface area contributed by atoms with Crippen molar-refractivity contribution in [3.63, 3.8) is 0 Å². The van der Waals surface area contributed by atoms with Crippen molar-refractivity contribution in [1.82, 2.24) is 0 Å². The fourth-order valence-corrected chi connectivity index (χ4v) is 1.64. The molecule has 102 valence electrons. The summed E-state index contributed by atoms with van der Waals surface area (Å²) in [4.78, 5) is 13.4. The molecule has 0 aliphatic heterocycles. The van der Waals surface area contributed by atoms with E-state index in [4.69, 9.17) is 14.7 Å². The third-order valence-corrected chi connectivity index (χ3v) is 2.56. The molecule has 1 aromatic carbocycles. The first-order chi connectivity index (χ1) is 9.21. The van der Waals surface area contributed by atoms with E-state index in [0.717, 1.165) is 11.4 Å². The highest BCUT2D eigenvalue weighted by Crippen LogP contribution is 2.19. The Hall–Kier alpha value is -2.22. The Morgan fingerprint density at radius 3 is 2.58 bits per heavy atom. The van der Waals surface area contributed by atoms with E-state index in [1.165, 1.54) is 0 Å². The van der Waals surface area contributed by atoms with Gasteiger partial charge in [0.15, 0.2) is 0 Å². The molecule has 0 saturated carbocycles. The van der Waals surface area contributed by atoms with E-state index in [-0.39, 0.29) is 12.5 Å². The Bertz CT molecular complexity index is 437. The van der Waals surface area contributed by atoms with Crippen LogP contribution in [-0.4, -0.2) is 32.8 Å². The molecule has 0 atom stereocenters. The predicted octanol–water partition coefficient (Wildman–Crippen LogP) is 1.98. The monoisotopic (exact) mass is 262 g/mol. The van der Waals surface area contributed by atoms with Crippen molar-refractivity contribution in [2.24, 2.45) is 0 Å². The van der Waals surface area contributed by atoms with Gasteiger partial charge in [0.25, 0.3) is 0 Å². The van der Waals surface area contributed by atoms with Crippen molar-refractivity contribution in [2.75, 3.05) is 31.7 Å². The molecule has 5 nitrogen and oxygen atoms in total. The number of hydrogen-bond donors (Lipinski definition) is 0. The molecule has 1 aromatic rings. The van der Waals surface area contributed by atoms with Crippen LogP contribution in [0.5, 0.6) is 5.75 Å². The van der Waals surface area contributed by atoms with Crippen molar-refractivity contribution >= 4 is 11.7 Å². The van der Waals surface area contributed by atoms with Crippen LogP contribution in [0, 0.1) is 11.3 Å². The topological polar surface area (TPSA) is 62.6 Å². The van der Waals surface area contributed by atoms with E-state index in [9.17, 15) is 4.79 Å². The zero-order valence-corrected chi connectivity index (χ0v) is 11.3. The van der Waals surface area contributed by atoms with Gasteiger partial charge in [-0.25, -0.2) is 0 Å². The quantitative estimate of drug-likeness (QED) is 0.703. The molecule has 0 aromatic heterocycles. The number of carbonyl (C=O) groups excluding carboxylic acids is 1. The summed E-state index contributed by atoms with van der Waals surface area (Å²) in [6.45, 7) is 2.75. The lowest BCUT2D eigenvalue weighted by Gasteiger charge is -2.22. The Labute approximate surface area is 113 Å². The average molecular weight is 262 g/mol. The molecule has 0 heterocycles. The Balaban J connectivity index is 2.76. The van der Waals surface area contributed by atoms with Gasteiger partial charge < -0.3 is 14.4 Å². The molecule has 0 spiro atoms. The van der Waals surface area contributed by atoms with Crippen LogP contribution in [-0.2, 0) is 9.53 Å². The van der Waals surface area contributed by atoms with Crippen LogP contribution in [0.3, 0.4) is 0 Å². The molecule has 0 unspecified atom stereocenters. The first kappa shape index (κ1) is 14.8. The van der Waals surface area contributed by atoms with Gasteiger partial charge in [-0.1, -0.05) is 0 Å². The van der Waals surface area contributed by atoms with Crippen molar-refractivity contribution in [3.8, 4) is 11.8 Å². The second-order valence-corrected chi connectivity index (χ2v) is 3.83. The lowest BCUT2D eigenvalue weighted by atomic mass is 10.2. The van der Waals surface area contributed by atoms with Crippen LogP contribution in [0.15, 0.2) is 24.3 Å². The minimum Gasteiger partial charge on any atom is -0.497 e. The summed E-state index contributed by atoms with van der Waals surface area (Å²) in [5, 5.41) is 8.67. The summed E-state index contributed by atoms with van der Waals surface area (Å²) in [6, 6.07) is 9.43. The number of carbonyl (C=O) groups is 1. The summed E-state index contributed by atoms with van der Waals surface area (Å²) >= 11 is 0. The lowest BCUT2D eigenvalue weighted by molar-refractivity contribution is -0.141. The Morgan fingerprint density at radius 2 is 2.05 bits per heavy atom. The van der Waals surface area contributed by atoms with Gasteiger partial charge in [0.1, 0.15) is 12.3 Å². The van der Waals surface area contributed by atoms with Crippen LogP contribution in [0.1, 0.15) is 13.3 Å². The largest absolute Gasteiger partial charge is 0.497 e. The number of benzene rings is 1. The van der Waals surface area contributed by atoms with E-state index in [2.05, 4.69) is 6.07 Å². The maximum absolute atomic E-state index is 11.5. The number of methoxy groups -OCH3 is 1. The second kappa shape index (κ2) is 7.98. The highest BCUT2D eigenvalue weighted by molar-refractivity contribution is 5.75. The van der Waals surface area contributed by atoms with Gasteiger partial charge in [0.2, 0.25) is 0 Å². The first-order valence-corrected chi connectivity index (χ1v) is 6.12. The average Bonchev–Trinajstić information content (AvgIpc) is 2.44. The minimum absolute atomic E-state index is 0.141. The molecule has 0 saturated heterocycles. The molecule has 5 heteroatoms. The zero-order valence-electron chi connectivity index (χ0n) is 11.3. The third kappa shape index (κ3) is 4.88. The normalized spacial score (nSPS) is 9.53. The van der Waals surface area contributed by atoms with Crippen molar-refractivity contribution in [3.05, 3.63) is 24.3 Å². The van der Waals surface area contributed by atoms with Crippen molar-refractivity contribution in [1.29, 1.82) is 5.26 Å². The van der Waals surface area contributed by atoms with E-state index in [1.54, 1.807) is 14.0 Å².